The molecule has 0 fully saturated rings. The van der Waals surface area contributed by atoms with Gasteiger partial charge in [0.25, 0.3) is 5.56 Å². The SMILES string of the molecule is Cc1cc(/C=N/n2cnc3scc(-c4ccco4)c3c2=O)cc(C)c1O. The Morgan fingerprint density at radius 1 is 1.31 bits per heavy atom. The van der Waals surface area contributed by atoms with Gasteiger partial charge in [0, 0.05) is 10.9 Å². The van der Waals surface area contributed by atoms with Gasteiger partial charge in [0.1, 0.15) is 22.7 Å². The van der Waals surface area contributed by atoms with E-state index in [1.165, 1.54) is 22.3 Å². The van der Waals surface area contributed by atoms with Gasteiger partial charge in [-0.2, -0.15) is 9.78 Å². The van der Waals surface area contributed by atoms with Gasteiger partial charge in [0.2, 0.25) is 0 Å². The first kappa shape index (κ1) is 16.3. The minimum Gasteiger partial charge on any atom is -0.507 e. The first-order valence-electron chi connectivity index (χ1n) is 7.92. The summed E-state index contributed by atoms with van der Waals surface area (Å²) >= 11 is 1.39. The molecule has 0 aliphatic rings. The number of furan rings is 1. The van der Waals surface area contributed by atoms with Crippen molar-refractivity contribution in [2.24, 2.45) is 5.10 Å². The lowest BCUT2D eigenvalue weighted by Gasteiger charge is -2.04. The molecule has 0 saturated carbocycles. The molecule has 0 unspecified atom stereocenters. The van der Waals surface area contributed by atoms with Gasteiger partial charge in [-0.05, 0) is 54.8 Å². The molecule has 4 aromatic rings. The number of hydrogen-bond donors (Lipinski definition) is 1. The molecule has 4 rings (SSSR count). The van der Waals surface area contributed by atoms with Crippen LogP contribution in [-0.2, 0) is 0 Å². The smallest absolute Gasteiger partial charge is 0.283 e. The summed E-state index contributed by atoms with van der Waals surface area (Å²) in [5.41, 5.74) is 2.76. The van der Waals surface area contributed by atoms with E-state index in [-0.39, 0.29) is 11.3 Å². The van der Waals surface area contributed by atoms with E-state index in [1.54, 1.807) is 18.5 Å². The standard InChI is InChI=1S/C19H15N3O3S/c1-11-6-13(7-12(2)17(11)23)8-21-22-10-20-18-16(19(22)24)14(9-26-18)15-4-3-5-25-15/h3-10,23H,1-2H3/b21-8+. The van der Waals surface area contributed by atoms with Crippen molar-refractivity contribution in [2.45, 2.75) is 13.8 Å². The molecule has 3 aromatic heterocycles. The lowest BCUT2D eigenvalue weighted by atomic mass is 10.1. The van der Waals surface area contributed by atoms with Crippen LogP contribution in [0.15, 0.2) is 56.5 Å². The number of hydrogen-bond acceptors (Lipinski definition) is 6. The Hall–Kier alpha value is -3.19. The molecule has 0 bridgehead atoms. The predicted molar refractivity (Wildman–Crippen MR) is 102 cm³/mol. The van der Waals surface area contributed by atoms with E-state index < -0.39 is 0 Å². The van der Waals surface area contributed by atoms with Crippen molar-refractivity contribution in [2.75, 3.05) is 0 Å². The Kier molecular flexibility index (Phi) is 3.93. The van der Waals surface area contributed by atoms with E-state index in [0.29, 0.717) is 21.5 Å². The van der Waals surface area contributed by atoms with E-state index in [0.717, 1.165) is 16.7 Å². The van der Waals surface area contributed by atoms with E-state index in [9.17, 15) is 9.90 Å². The summed E-state index contributed by atoms with van der Waals surface area (Å²) < 4.78 is 6.62. The molecular formula is C19H15N3O3S. The van der Waals surface area contributed by atoms with Gasteiger partial charge in [-0.3, -0.25) is 4.79 Å². The van der Waals surface area contributed by atoms with Crippen molar-refractivity contribution in [3.05, 3.63) is 69.3 Å². The van der Waals surface area contributed by atoms with Crippen LogP contribution in [0.3, 0.4) is 0 Å². The second-order valence-corrected chi connectivity index (χ2v) is 6.81. The zero-order valence-electron chi connectivity index (χ0n) is 14.1. The van der Waals surface area contributed by atoms with Crippen LogP contribution in [0.4, 0.5) is 0 Å². The van der Waals surface area contributed by atoms with Gasteiger partial charge in [-0.15, -0.1) is 11.3 Å². The van der Waals surface area contributed by atoms with Crippen molar-refractivity contribution >= 4 is 27.8 Å². The first-order chi connectivity index (χ1) is 12.5. The Bertz CT molecular complexity index is 1160. The number of phenols is 1. The van der Waals surface area contributed by atoms with E-state index >= 15 is 0 Å². The van der Waals surface area contributed by atoms with Gasteiger partial charge in [0.05, 0.1) is 17.9 Å². The Balaban J connectivity index is 1.79. The van der Waals surface area contributed by atoms with Crippen LogP contribution < -0.4 is 5.56 Å². The number of rotatable bonds is 3. The largest absolute Gasteiger partial charge is 0.507 e. The molecule has 0 aliphatic carbocycles. The molecule has 26 heavy (non-hydrogen) atoms. The molecule has 0 spiro atoms. The van der Waals surface area contributed by atoms with E-state index in [4.69, 9.17) is 4.42 Å². The summed E-state index contributed by atoms with van der Waals surface area (Å²) in [5.74, 6) is 0.894. The summed E-state index contributed by atoms with van der Waals surface area (Å²) in [4.78, 5) is 17.8. The van der Waals surface area contributed by atoms with Crippen molar-refractivity contribution in [3.8, 4) is 17.1 Å². The lowest BCUT2D eigenvalue weighted by Crippen LogP contribution is -2.16. The highest BCUT2D eigenvalue weighted by Gasteiger charge is 2.14. The number of aryl methyl sites for hydroxylation is 2. The second-order valence-electron chi connectivity index (χ2n) is 5.95. The number of nitrogens with zero attached hydrogens (tertiary/aromatic N) is 3. The predicted octanol–water partition coefficient (Wildman–Crippen LogP) is 3.92. The Morgan fingerprint density at radius 3 is 2.77 bits per heavy atom. The zero-order chi connectivity index (χ0) is 18.3. The second kappa shape index (κ2) is 6.27. The van der Waals surface area contributed by atoms with Crippen molar-refractivity contribution in [1.29, 1.82) is 0 Å². The van der Waals surface area contributed by atoms with Crippen molar-refractivity contribution in [1.82, 2.24) is 9.66 Å². The quantitative estimate of drug-likeness (QED) is 0.558. The maximum Gasteiger partial charge on any atom is 0.283 e. The van der Waals surface area contributed by atoms with Crippen LogP contribution in [-0.4, -0.2) is 21.0 Å². The highest BCUT2D eigenvalue weighted by molar-refractivity contribution is 7.17. The van der Waals surface area contributed by atoms with Crippen molar-refractivity contribution < 1.29 is 9.52 Å². The van der Waals surface area contributed by atoms with Gasteiger partial charge in [-0.25, -0.2) is 4.98 Å². The summed E-state index contributed by atoms with van der Waals surface area (Å²) in [5, 5.41) is 16.5. The molecule has 0 amide bonds. The normalized spacial score (nSPS) is 11.6. The van der Waals surface area contributed by atoms with Crippen LogP contribution in [0, 0.1) is 13.8 Å². The van der Waals surface area contributed by atoms with Crippen LogP contribution in [0.2, 0.25) is 0 Å². The van der Waals surface area contributed by atoms with Gasteiger partial charge in [0.15, 0.2) is 0 Å². The van der Waals surface area contributed by atoms with Crippen molar-refractivity contribution in [3.63, 3.8) is 0 Å². The molecular weight excluding hydrogens is 350 g/mol. The molecule has 0 radical (unpaired) electrons. The third-order valence-electron chi connectivity index (χ3n) is 4.11. The zero-order valence-corrected chi connectivity index (χ0v) is 14.9. The third-order valence-corrected chi connectivity index (χ3v) is 5.00. The number of aromatic hydroxyl groups is 1. The van der Waals surface area contributed by atoms with Gasteiger partial charge >= 0.3 is 0 Å². The lowest BCUT2D eigenvalue weighted by molar-refractivity contribution is 0.467. The number of phenolic OH excluding ortho intramolecular Hbond substituents is 1. The third kappa shape index (κ3) is 2.72. The highest BCUT2D eigenvalue weighted by Crippen LogP contribution is 2.30. The fraction of sp³-hybridized carbons (Fsp3) is 0.105. The minimum atomic E-state index is -0.258. The summed E-state index contributed by atoms with van der Waals surface area (Å²) in [7, 11) is 0. The van der Waals surface area contributed by atoms with Crippen LogP contribution in [0.1, 0.15) is 16.7 Å². The monoisotopic (exact) mass is 365 g/mol. The first-order valence-corrected chi connectivity index (χ1v) is 8.80. The molecule has 0 saturated heterocycles. The molecule has 6 nitrogen and oxygen atoms in total. The highest BCUT2D eigenvalue weighted by atomic mass is 32.1. The fourth-order valence-corrected chi connectivity index (χ4v) is 3.70. The maximum atomic E-state index is 12.8. The summed E-state index contributed by atoms with van der Waals surface area (Å²) in [6, 6.07) is 7.20. The molecule has 1 aromatic carbocycles. The van der Waals surface area contributed by atoms with Gasteiger partial charge < -0.3 is 9.52 Å². The number of thiophene rings is 1. The van der Waals surface area contributed by atoms with Crippen LogP contribution in [0.5, 0.6) is 5.75 Å². The van der Waals surface area contributed by atoms with E-state index in [1.807, 2.05) is 37.4 Å². The topological polar surface area (TPSA) is 80.6 Å². The Morgan fingerprint density at radius 2 is 2.08 bits per heavy atom. The summed E-state index contributed by atoms with van der Waals surface area (Å²) in [6.07, 6.45) is 4.55. The minimum absolute atomic E-state index is 0.258. The molecule has 3 heterocycles. The molecule has 130 valence electrons. The number of benzene rings is 1. The number of fused-ring (bicyclic) bond motifs is 1. The Labute approximate surface area is 152 Å². The van der Waals surface area contributed by atoms with E-state index in [2.05, 4.69) is 10.1 Å². The van der Waals surface area contributed by atoms with Gasteiger partial charge in [-0.1, -0.05) is 0 Å². The van der Waals surface area contributed by atoms with Crippen LogP contribution >= 0.6 is 11.3 Å². The average molecular weight is 365 g/mol. The number of aromatic nitrogens is 2. The molecule has 7 heteroatoms. The van der Waals surface area contributed by atoms with Crippen LogP contribution in [0.25, 0.3) is 21.5 Å². The molecule has 1 N–H and O–H groups in total. The maximum absolute atomic E-state index is 12.8. The average Bonchev–Trinajstić information content (AvgIpc) is 3.28. The fourth-order valence-electron chi connectivity index (χ4n) is 2.81. The summed E-state index contributed by atoms with van der Waals surface area (Å²) in [6.45, 7) is 3.64. The molecule has 0 aliphatic heterocycles. The molecule has 0 atom stereocenters.